The van der Waals surface area contributed by atoms with Gasteiger partial charge in [0.05, 0.1) is 6.20 Å². The Balaban J connectivity index is 3.04. The van der Waals surface area contributed by atoms with Crippen LogP contribution in [0.4, 0.5) is 10.2 Å². The van der Waals surface area contributed by atoms with Crippen molar-refractivity contribution in [3.05, 3.63) is 35.8 Å². The number of hydrogen-bond acceptors (Lipinski definition) is 3. The Morgan fingerprint density at radius 1 is 1.59 bits per heavy atom. The van der Waals surface area contributed by atoms with Crippen molar-refractivity contribution in [3.63, 3.8) is 0 Å². The summed E-state index contributed by atoms with van der Waals surface area (Å²) >= 11 is 0. The minimum Gasteiger partial charge on any atom is -0.353 e. The number of aromatic nitrogens is 1. The van der Waals surface area contributed by atoms with Gasteiger partial charge in [0.1, 0.15) is 11.6 Å². The summed E-state index contributed by atoms with van der Waals surface area (Å²) in [6.45, 7) is 10.1. The van der Waals surface area contributed by atoms with Crippen LogP contribution in [0, 0.1) is 5.82 Å². The first kappa shape index (κ1) is 13.6. The molecule has 1 aromatic heterocycles. The molecule has 0 aliphatic heterocycles. The minimum atomic E-state index is -0.301. The summed E-state index contributed by atoms with van der Waals surface area (Å²) in [5, 5.41) is 3.03. The van der Waals surface area contributed by atoms with Crippen LogP contribution in [0.15, 0.2) is 24.4 Å². The predicted molar refractivity (Wildman–Crippen MR) is 69.7 cm³/mol. The highest BCUT2D eigenvalue weighted by Crippen LogP contribution is 2.19. The second-order valence-corrected chi connectivity index (χ2v) is 4.14. The zero-order chi connectivity index (χ0) is 12.8. The van der Waals surface area contributed by atoms with Gasteiger partial charge in [-0.25, -0.2) is 9.37 Å². The van der Waals surface area contributed by atoms with E-state index in [2.05, 4.69) is 28.7 Å². The molecule has 0 fully saturated rings. The average molecular weight is 237 g/mol. The molecular formula is C13H20FN3. The fraction of sp³-hybridized carbons (Fsp3) is 0.462. The van der Waals surface area contributed by atoms with Gasteiger partial charge in [0.25, 0.3) is 0 Å². The van der Waals surface area contributed by atoms with Gasteiger partial charge in [-0.1, -0.05) is 12.2 Å². The van der Waals surface area contributed by atoms with Crippen LogP contribution in [0.1, 0.15) is 19.4 Å². The fourth-order valence-electron chi connectivity index (χ4n) is 1.74. The maximum Gasteiger partial charge on any atom is 0.141 e. The third-order valence-electron chi connectivity index (χ3n) is 2.42. The molecular weight excluding hydrogens is 217 g/mol. The summed E-state index contributed by atoms with van der Waals surface area (Å²) in [6, 6.07) is 1.53. The Morgan fingerprint density at radius 2 is 2.29 bits per heavy atom. The lowest BCUT2D eigenvalue weighted by molar-refractivity contribution is 0.615. The number of hydrogen-bond donors (Lipinski definition) is 1. The Hall–Kier alpha value is -1.42. The van der Waals surface area contributed by atoms with Crippen LogP contribution in [0.3, 0.4) is 0 Å². The van der Waals surface area contributed by atoms with Crippen LogP contribution in [0.25, 0.3) is 0 Å². The van der Waals surface area contributed by atoms with Crippen molar-refractivity contribution in [1.29, 1.82) is 0 Å². The zero-order valence-electron chi connectivity index (χ0n) is 10.8. The van der Waals surface area contributed by atoms with E-state index in [4.69, 9.17) is 0 Å². The average Bonchev–Trinajstić information content (AvgIpc) is 2.27. The van der Waals surface area contributed by atoms with E-state index >= 15 is 0 Å². The fourth-order valence-corrected chi connectivity index (χ4v) is 1.74. The summed E-state index contributed by atoms with van der Waals surface area (Å²) in [5.41, 5.74) is 1.93. The van der Waals surface area contributed by atoms with E-state index in [0.29, 0.717) is 6.54 Å². The Kier molecular flexibility index (Phi) is 5.10. The molecule has 0 aliphatic carbocycles. The highest BCUT2D eigenvalue weighted by molar-refractivity contribution is 5.47. The first-order chi connectivity index (χ1) is 8.08. The van der Waals surface area contributed by atoms with E-state index in [1.807, 2.05) is 14.0 Å². The molecule has 0 atom stereocenters. The summed E-state index contributed by atoms with van der Waals surface area (Å²) in [5.74, 6) is 0.525. The molecule has 0 aliphatic rings. The molecule has 0 saturated heterocycles. The Labute approximate surface area is 102 Å². The quantitative estimate of drug-likeness (QED) is 0.770. The van der Waals surface area contributed by atoms with E-state index in [0.717, 1.165) is 30.0 Å². The number of pyridine rings is 1. The standard InChI is InChI=1S/C13H20FN3/c1-5-17(9-10(2)3)13-11(7-15-4)6-12(14)8-16-13/h6,8,15H,2,5,7,9H2,1,3-4H3. The lowest BCUT2D eigenvalue weighted by Gasteiger charge is -2.24. The van der Waals surface area contributed by atoms with Gasteiger partial charge in [0, 0.05) is 25.2 Å². The monoisotopic (exact) mass is 237 g/mol. The van der Waals surface area contributed by atoms with Crippen LogP contribution in [0.2, 0.25) is 0 Å². The molecule has 17 heavy (non-hydrogen) atoms. The molecule has 0 radical (unpaired) electrons. The second-order valence-electron chi connectivity index (χ2n) is 4.14. The van der Waals surface area contributed by atoms with E-state index < -0.39 is 0 Å². The van der Waals surface area contributed by atoms with Crippen molar-refractivity contribution in [2.75, 3.05) is 25.0 Å². The normalized spacial score (nSPS) is 10.4. The topological polar surface area (TPSA) is 28.2 Å². The van der Waals surface area contributed by atoms with Crippen molar-refractivity contribution < 1.29 is 4.39 Å². The lowest BCUT2D eigenvalue weighted by atomic mass is 10.2. The van der Waals surface area contributed by atoms with Crippen LogP contribution in [-0.4, -0.2) is 25.1 Å². The Morgan fingerprint density at radius 3 is 2.82 bits per heavy atom. The van der Waals surface area contributed by atoms with Gasteiger partial charge in [-0.2, -0.15) is 0 Å². The lowest BCUT2D eigenvalue weighted by Crippen LogP contribution is -2.27. The van der Waals surface area contributed by atoms with E-state index in [1.54, 1.807) is 0 Å². The van der Waals surface area contributed by atoms with E-state index in [1.165, 1.54) is 12.3 Å². The van der Waals surface area contributed by atoms with Gasteiger partial charge in [-0.05, 0) is 27.0 Å². The number of nitrogens with zero attached hydrogens (tertiary/aromatic N) is 2. The molecule has 1 heterocycles. The number of likely N-dealkylation sites (N-methyl/N-ethyl adjacent to an activating group) is 1. The molecule has 0 amide bonds. The maximum atomic E-state index is 13.2. The first-order valence-electron chi connectivity index (χ1n) is 5.76. The molecule has 1 rings (SSSR count). The summed E-state index contributed by atoms with van der Waals surface area (Å²) in [6.07, 6.45) is 1.26. The van der Waals surface area contributed by atoms with Crippen LogP contribution >= 0.6 is 0 Å². The number of halogens is 1. The zero-order valence-corrected chi connectivity index (χ0v) is 10.8. The third-order valence-corrected chi connectivity index (χ3v) is 2.42. The molecule has 0 spiro atoms. The maximum absolute atomic E-state index is 13.2. The summed E-state index contributed by atoms with van der Waals surface area (Å²) in [7, 11) is 1.84. The van der Waals surface area contributed by atoms with Gasteiger partial charge in [0.15, 0.2) is 0 Å². The SMILES string of the molecule is C=C(C)CN(CC)c1ncc(F)cc1CNC. The summed E-state index contributed by atoms with van der Waals surface area (Å²) in [4.78, 5) is 6.28. The van der Waals surface area contributed by atoms with Crippen LogP contribution < -0.4 is 10.2 Å². The van der Waals surface area contributed by atoms with Gasteiger partial charge in [-0.3, -0.25) is 0 Å². The molecule has 0 aromatic carbocycles. The molecule has 0 unspecified atom stereocenters. The van der Waals surface area contributed by atoms with E-state index in [-0.39, 0.29) is 5.82 Å². The minimum absolute atomic E-state index is 0.301. The second kappa shape index (κ2) is 6.35. The van der Waals surface area contributed by atoms with Gasteiger partial charge < -0.3 is 10.2 Å². The van der Waals surface area contributed by atoms with Gasteiger partial charge >= 0.3 is 0 Å². The summed E-state index contributed by atoms with van der Waals surface area (Å²) < 4.78 is 13.2. The van der Waals surface area contributed by atoms with Gasteiger partial charge in [-0.15, -0.1) is 0 Å². The molecule has 0 bridgehead atoms. The highest BCUT2D eigenvalue weighted by Gasteiger charge is 2.12. The van der Waals surface area contributed by atoms with Crippen molar-refractivity contribution >= 4 is 5.82 Å². The largest absolute Gasteiger partial charge is 0.353 e. The number of nitrogens with one attached hydrogen (secondary N) is 1. The molecule has 1 N–H and O–H groups in total. The Bertz CT molecular complexity index is 390. The number of anilines is 1. The highest BCUT2D eigenvalue weighted by atomic mass is 19.1. The molecule has 94 valence electrons. The van der Waals surface area contributed by atoms with Gasteiger partial charge in [0.2, 0.25) is 0 Å². The van der Waals surface area contributed by atoms with Crippen LogP contribution in [-0.2, 0) is 6.54 Å². The van der Waals surface area contributed by atoms with E-state index in [9.17, 15) is 4.39 Å². The molecule has 0 saturated carbocycles. The molecule has 1 aromatic rings. The van der Waals surface area contributed by atoms with Crippen LogP contribution in [0.5, 0.6) is 0 Å². The smallest absolute Gasteiger partial charge is 0.141 e. The molecule has 4 heteroatoms. The molecule has 3 nitrogen and oxygen atoms in total. The van der Waals surface area contributed by atoms with Crippen molar-refractivity contribution in [3.8, 4) is 0 Å². The van der Waals surface area contributed by atoms with Crippen molar-refractivity contribution in [1.82, 2.24) is 10.3 Å². The van der Waals surface area contributed by atoms with Crippen molar-refractivity contribution in [2.24, 2.45) is 0 Å². The third kappa shape index (κ3) is 3.82. The first-order valence-corrected chi connectivity index (χ1v) is 5.76. The number of rotatable bonds is 6. The predicted octanol–water partition coefficient (Wildman–Crippen LogP) is 2.34. The van der Waals surface area contributed by atoms with Crippen molar-refractivity contribution in [2.45, 2.75) is 20.4 Å².